The number of rotatable bonds is 1. The van der Waals surface area contributed by atoms with Crippen LogP contribution in [-0.4, -0.2) is 5.16 Å². The van der Waals surface area contributed by atoms with Crippen molar-refractivity contribution in [2.45, 2.75) is 6.42 Å². The van der Waals surface area contributed by atoms with Crippen molar-refractivity contribution in [3.63, 3.8) is 0 Å². The normalized spacial score (nSPS) is 8.94. The molecule has 0 unspecified atom stereocenters. The van der Waals surface area contributed by atoms with Gasteiger partial charge >= 0.3 is 0 Å². The molecule has 0 aliphatic carbocycles. The molecular formula is C13H8N2O. The molecule has 16 heavy (non-hydrogen) atoms. The number of benzene rings is 1. The third kappa shape index (κ3) is 2.29. The Morgan fingerprint density at radius 3 is 2.62 bits per heavy atom. The van der Waals surface area contributed by atoms with E-state index in [1.54, 1.807) is 12.3 Å². The standard InChI is InChI=1S/C13H8N2O/c14-9-2-1-3-11-4-6-12(7-5-11)13-8-10-15-16-13/h4-8,10H,2H2. The van der Waals surface area contributed by atoms with E-state index in [1.807, 2.05) is 30.3 Å². The third-order valence-corrected chi connectivity index (χ3v) is 2.01. The van der Waals surface area contributed by atoms with Gasteiger partial charge in [0, 0.05) is 17.2 Å². The van der Waals surface area contributed by atoms with E-state index < -0.39 is 0 Å². The summed E-state index contributed by atoms with van der Waals surface area (Å²) in [5, 5.41) is 12.0. The Labute approximate surface area is 93.3 Å². The molecular weight excluding hydrogens is 200 g/mol. The minimum Gasteiger partial charge on any atom is -0.356 e. The number of hydrogen-bond donors (Lipinski definition) is 0. The topological polar surface area (TPSA) is 49.8 Å². The van der Waals surface area contributed by atoms with Crippen molar-refractivity contribution in [2.24, 2.45) is 0 Å². The van der Waals surface area contributed by atoms with Gasteiger partial charge in [0.05, 0.1) is 18.7 Å². The molecule has 0 amide bonds. The van der Waals surface area contributed by atoms with Crippen LogP contribution in [0, 0.1) is 23.2 Å². The Morgan fingerprint density at radius 2 is 2.00 bits per heavy atom. The zero-order valence-electron chi connectivity index (χ0n) is 8.47. The van der Waals surface area contributed by atoms with Crippen molar-refractivity contribution in [3.8, 4) is 29.2 Å². The zero-order valence-corrected chi connectivity index (χ0v) is 8.47. The first kappa shape index (κ1) is 10.0. The smallest absolute Gasteiger partial charge is 0.166 e. The van der Waals surface area contributed by atoms with Crippen LogP contribution in [0.25, 0.3) is 11.3 Å². The summed E-state index contributed by atoms with van der Waals surface area (Å²) in [7, 11) is 0. The molecule has 0 radical (unpaired) electrons. The van der Waals surface area contributed by atoms with Crippen LogP contribution >= 0.6 is 0 Å². The van der Waals surface area contributed by atoms with Gasteiger partial charge in [0.25, 0.3) is 0 Å². The maximum Gasteiger partial charge on any atom is 0.166 e. The molecule has 0 bridgehead atoms. The van der Waals surface area contributed by atoms with Crippen LogP contribution in [0.3, 0.4) is 0 Å². The van der Waals surface area contributed by atoms with Crippen LogP contribution in [0.1, 0.15) is 12.0 Å². The van der Waals surface area contributed by atoms with E-state index in [-0.39, 0.29) is 6.42 Å². The minimum absolute atomic E-state index is 0.254. The molecule has 0 saturated heterocycles. The zero-order chi connectivity index (χ0) is 11.2. The fraction of sp³-hybridized carbons (Fsp3) is 0.0769. The first-order valence-electron chi connectivity index (χ1n) is 4.77. The van der Waals surface area contributed by atoms with Crippen molar-refractivity contribution in [3.05, 3.63) is 42.1 Å². The molecule has 0 fully saturated rings. The third-order valence-electron chi connectivity index (χ3n) is 2.01. The molecule has 1 heterocycles. The highest BCUT2D eigenvalue weighted by Gasteiger charge is 1.99. The van der Waals surface area contributed by atoms with Gasteiger partial charge in [-0.05, 0) is 24.3 Å². The van der Waals surface area contributed by atoms with Crippen molar-refractivity contribution < 1.29 is 4.52 Å². The first-order chi connectivity index (χ1) is 7.90. The van der Waals surface area contributed by atoms with Gasteiger partial charge in [-0.25, -0.2) is 0 Å². The first-order valence-corrected chi connectivity index (χ1v) is 4.77. The fourth-order valence-corrected chi connectivity index (χ4v) is 1.27. The summed E-state index contributed by atoms with van der Waals surface area (Å²) in [4.78, 5) is 0. The predicted octanol–water partition coefficient (Wildman–Crippen LogP) is 2.61. The van der Waals surface area contributed by atoms with Gasteiger partial charge < -0.3 is 4.52 Å². The highest BCUT2D eigenvalue weighted by atomic mass is 16.5. The monoisotopic (exact) mass is 208 g/mol. The van der Waals surface area contributed by atoms with E-state index in [0.717, 1.165) is 16.9 Å². The second-order valence-corrected chi connectivity index (χ2v) is 3.09. The van der Waals surface area contributed by atoms with Gasteiger partial charge in [0.15, 0.2) is 5.76 Å². The lowest BCUT2D eigenvalue weighted by molar-refractivity contribution is 0.432. The second-order valence-electron chi connectivity index (χ2n) is 3.09. The van der Waals surface area contributed by atoms with E-state index in [4.69, 9.17) is 9.78 Å². The lowest BCUT2D eigenvalue weighted by Crippen LogP contribution is -1.76. The number of nitrogens with zero attached hydrogens (tertiary/aromatic N) is 2. The summed E-state index contributed by atoms with van der Waals surface area (Å²) < 4.78 is 5.03. The van der Waals surface area contributed by atoms with E-state index in [0.29, 0.717) is 0 Å². The Hall–Kier alpha value is -2.52. The van der Waals surface area contributed by atoms with E-state index in [2.05, 4.69) is 17.0 Å². The lowest BCUT2D eigenvalue weighted by atomic mass is 10.1. The molecule has 0 spiro atoms. The van der Waals surface area contributed by atoms with Crippen LogP contribution in [0.4, 0.5) is 0 Å². The average molecular weight is 208 g/mol. The molecule has 0 saturated carbocycles. The molecule has 1 aromatic carbocycles. The largest absolute Gasteiger partial charge is 0.356 e. The van der Waals surface area contributed by atoms with Gasteiger partial charge in [-0.15, -0.1) is 0 Å². The molecule has 0 aliphatic rings. The molecule has 3 heteroatoms. The molecule has 0 atom stereocenters. The second kappa shape index (κ2) is 4.82. The molecule has 76 valence electrons. The van der Waals surface area contributed by atoms with Gasteiger partial charge in [-0.1, -0.05) is 17.0 Å². The Morgan fingerprint density at radius 1 is 1.19 bits per heavy atom. The van der Waals surface area contributed by atoms with Crippen molar-refractivity contribution in [2.75, 3.05) is 0 Å². The quantitative estimate of drug-likeness (QED) is 0.677. The molecule has 2 aromatic rings. The Bertz CT molecular complexity index is 551. The van der Waals surface area contributed by atoms with Crippen LogP contribution in [0.2, 0.25) is 0 Å². The molecule has 3 nitrogen and oxygen atoms in total. The molecule has 1 aromatic heterocycles. The van der Waals surface area contributed by atoms with Gasteiger partial charge in [0.2, 0.25) is 0 Å². The summed E-state index contributed by atoms with van der Waals surface area (Å²) >= 11 is 0. The van der Waals surface area contributed by atoms with E-state index in [1.165, 1.54) is 0 Å². The van der Waals surface area contributed by atoms with Crippen LogP contribution in [-0.2, 0) is 0 Å². The summed E-state index contributed by atoms with van der Waals surface area (Å²) in [6, 6.07) is 11.4. The Balaban J connectivity index is 2.19. The molecule has 2 rings (SSSR count). The maximum absolute atomic E-state index is 8.34. The summed E-state index contributed by atoms with van der Waals surface area (Å²) in [5.41, 5.74) is 1.85. The van der Waals surface area contributed by atoms with Gasteiger partial charge in [0.1, 0.15) is 0 Å². The van der Waals surface area contributed by atoms with Crippen LogP contribution in [0.15, 0.2) is 41.1 Å². The SMILES string of the molecule is N#CCC#Cc1ccc(-c2ccno2)cc1. The number of nitriles is 1. The Kier molecular flexibility index (Phi) is 3.01. The highest BCUT2D eigenvalue weighted by molar-refractivity contribution is 5.58. The minimum atomic E-state index is 0.254. The van der Waals surface area contributed by atoms with Crippen molar-refractivity contribution in [1.82, 2.24) is 5.16 Å². The summed E-state index contributed by atoms with van der Waals surface area (Å²) in [6.45, 7) is 0. The summed E-state index contributed by atoms with van der Waals surface area (Å²) in [5.74, 6) is 6.39. The van der Waals surface area contributed by atoms with E-state index >= 15 is 0 Å². The van der Waals surface area contributed by atoms with Crippen LogP contribution < -0.4 is 0 Å². The van der Waals surface area contributed by atoms with Crippen molar-refractivity contribution in [1.29, 1.82) is 5.26 Å². The predicted molar refractivity (Wildman–Crippen MR) is 59.0 cm³/mol. The van der Waals surface area contributed by atoms with Crippen molar-refractivity contribution >= 4 is 0 Å². The highest BCUT2D eigenvalue weighted by Crippen LogP contribution is 2.18. The average Bonchev–Trinajstić information content (AvgIpc) is 2.84. The lowest BCUT2D eigenvalue weighted by Gasteiger charge is -1.94. The number of aromatic nitrogens is 1. The van der Waals surface area contributed by atoms with Crippen LogP contribution in [0.5, 0.6) is 0 Å². The number of hydrogen-bond acceptors (Lipinski definition) is 3. The molecule has 0 N–H and O–H groups in total. The van der Waals surface area contributed by atoms with E-state index in [9.17, 15) is 0 Å². The summed E-state index contributed by atoms with van der Waals surface area (Å²) in [6.07, 6.45) is 1.86. The fourth-order valence-electron chi connectivity index (χ4n) is 1.27. The maximum atomic E-state index is 8.34. The molecule has 0 aliphatic heterocycles. The van der Waals surface area contributed by atoms with Gasteiger partial charge in [-0.3, -0.25) is 0 Å². The van der Waals surface area contributed by atoms with Gasteiger partial charge in [-0.2, -0.15) is 5.26 Å².